The van der Waals surface area contributed by atoms with E-state index in [-0.39, 0.29) is 5.56 Å². The van der Waals surface area contributed by atoms with Gasteiger partial charge in [0, 0.05) is 17.6 Å². The molecule has 136 valence electrons. The fourth-order valence-corrected chi connectivity index (χ4v) is 4.28. The molecule has 0 spiro atoms. The minimum atomic E-state index is -0.0885. The normalized spacial score (nSPS) is 10.9. The van der Waals surface area contributed by atoms with Crippen molar-refractivity contribution in [2.45, 2.75) is 5.16 Å². The lowest BCUT2D eigenvalue weighted by Gasteiger charge is -2.15. The molecule has 1 aromatic heterocycles. The molecule has 0 fully saturated rings. The fraction of sp³-hybridized carbons (Fsp3) is 0.263. The Labute approximate surface area is 160 Å². The van der Waals surface area contributed by atoms with Gasteiger partial charge in [0.05, 0.1) is 30.8 Å². The molecule has 0 radical (unpaired) electrons. The second-order valence-electron chi connectivity index (χ2n) is 5.43. The van der Waals surface area contributed by atoms with Crippen molar-refractivity contribution in [3.8, 4) is 17.2 Å². The fourth-order valence-electron chi connectivity index (χ4n) is 2.62. The molecule has 0 saturated heterocycles. The van der Waals surface area contributed by atoms with Gasteiger partial charge in [-0.3, -0.25) is 9.36 Å². The number of aromatic nitrogens is 2. The number of hydrogen-bond donors (Lipinski definition) is 0. The summed E-state index contributed by atoms with van der Waals surface area (Å²) in [7, 11) is 3.17. The van der Waals surface area contributed by atoms with E-state index >= 15 is 0 Å². The van der Waals surface area contributed by atoms with E-state index in [2.05, 4.69) is 6.26 Å². The number of benzene rings is 2. The number of ether oxygens (including phenoxy) is 2. The predicted octanol–water partition coefficient (Wildman–Crippen LogP) is 3.86. The molecule has 0 aliphatic carbocycles. The van der Waals surface area contributed by atoms with Gasteiger partial charge in [0.1, 0.15) is 0 Å². The number of methoxy groups -OCH3 is 2. The van der Waals surface area contributed by atoms with Gasteiger partial charge in [-0.15, -0.1) is 0 Å². The molecule has 0 amide bonds. The Balaban J connectivity index is 2.20. The Hall–Kier alpha value is -2.12. The zero-order valence-corrected chi connectivity index (χ0v) is 16.5. The van der Waals surface area contributed by atoms with E-state index in [1.165, 1.54) is 0 Å². The SMILES string of the molecule is COc1ccc(-n2c(SCCSC)nc3ccccc3c2=O)cc1OC. The van der Waals surface area contributed by atoms with Gasteiger partial charge in [0.2, 0.25) is 0 Å². The van der Waals surface area contributed by atoms with E-state index in [1.54, 1.807) is 60.5 Å². The van der Waals surface area contributed by atoms with E-state index in [1.807, 2.05) is 24.3 Å². The number of hydrogen-bond acceptors (Lipinski definition) is 6. The molecule has 2 aromatic carbocycles. The van der Waals surface area contributed by atoms with Crippen LogP contribution in [0.4, 0.5) is 0 Å². The maximum Gasteiger partial charge on any atom is 0.266 e. The van der Waals surface area contributed by atoms with Crippen molar-refractivity contribution in [1.29, 1.82) is 0 Å². The Morgan fingerprint density at radius 1 is 1.04 bits per heavy atom. The van der Waals surface area contributed by atoms with Gasteiger partial charge in [-0.25, -0.2) is 4.98 Å². The summed E-state index contributed by atoms with van der Waals surface area (Å²) in [6.45, 7) is 0. The standard InChI is InChI=1S/C19H20N2O3S2/c1-23-16-9-8-13(12-17(16)24-2)21-18(22)14-6-4-5-7-15(14)20-19(21)26-11-10-25-3/h4-9,12H,10-11H2,1-3H3. The molecular formula is C19H20N2O3S2. The van der Waals surface area contributed by atoms with E-state index in [9.17, 15) is 4.79 Å². The van der Waals surface area contributed by atoms with Gasteiger partial charge in [0.15, 0.2) is 16.7 Å². The molecule has 0 aliphatic heterocycles. The molecule has 5 nitrogen and oxygen atoms in total. The number of para-hydroxylation sites is 1. The summed E-state index contributed by atoms with van der Waals surface area (Å²) in [5.41, 5.74) is 1.33. The third kappa shape index (κ3) is 3.68. The number of nitrogens with zero attached hydrogens (tertiary/aromatic N) is 2. The first-order valence-corrected chi connectivity index (χ1v) is 10.4. The van der Waals surface area contributed by atoms with E-state index < -0.39 is 0 Å². The minimum absolute atomic E-state index is 0.0885. The van der Waals surface area contributed by atoms with Crippen LogP contribution in [0.15, 0.2) is 52.4 Å². The van der Waals surface area contributed by atoms with Gasteiger partial charge in [-0.1, -0.05) is 23.9 Å². The van der Waals surface area contributed by atoms with Crippen LogP contribution >= 0.6 is 23.5 Å². The van der Waals surface area contributed by atoms with Crippen molar-refractivity contribution in [3.05, 3.63) is 52.8 Å². The predicted molar refractivity (Wildman–Crippen MR) is 110 cm³/mol. The number of rotatable bonds is 7. The Kier molecular flexibility index (Phi) is 6.11. The summed E-state index contributed by atoms with van der Waals surface area (Å²) in [5, 5.41) is 1.27. The van der Waals surface area contributed by atoms with Crippen LogP contribution < -0.4 is 15.0 Å². The Morgan fingerprint density at radius 3 is 2.54 bits per heavy atom. The molecule has 0 atom stereocenters. The van der Waals surface area contributed by atoms with Crippen LogP contribution in [0.3, 0.4) is 0 Å². The third-order valence-corrected chi connectivity index (χ3v) is 5.70. The molecule has 1 heterocycles. The van der Waals surface area contributed by atoms with Crippen LogP contribution in [0, 0.1) is 0 Å². The maximum absolute atomic E-state index is 13.2. The second-order valence-corrected chi connectivity index (χ2v) is 7.48. The lowest BCUT2D eigenvalue weighted by molar-refractivity contribution is 0.354. The highest BCUT2D eigenvalue weighted by Crippen LogP contribution is 2.30. The molecule has 26 heavy (non-hydrogen) atoms. The first-order valence-electron chi connectivity index (χ1n) is 8.05. The minimum Gasteiger partial charge on any atom is -0.493 e. The molecular weight excluding hydrogens is 368 g/mol. The zero-order valence-electron chi connectivity index (χ0n) is 14.9. The molecule has 7 heteroatoms. The smallest absolute Gasteiger partial charge is 0.266 e. The monoisotopic (exact) mass is 388 g/mol. The molecule has 0 unspecified atom stereocenters. The molecule has 0 saturated carbocycles. The lowest BCUT2D eigenvalue weighted by Crippen LogP contribution is -2.22. The highest BCUT2D eigenvalue weighted by molar-refractivity contribution is 8.02. The Bertz CT molecular complexity index is 973. The lowest BCUT2D eigenvalue weighted by atomic mass is 10.2. The van der Waals surface area contributed by atoms with Crippen molar-refractivity contribution in [2.24, 2.45) is 0 Å². The third-order valence-electron chi connectivity index (χ3n) is 3.89. The van der Waals surface area contributed by atoms with E-state index in [0.29, 0.717) is 33.2 Å². The van der Waals surface area contributed by atoms with Crippen LogP contribution in [-0.2, 0) is 0 Å². The summed E-state index contributed by atoms with van der Waals surface area (Å²) >= 11 is 3.35. The average molecular weight is 389 g/mol. The van der Waals surface area contributed by atoms with Gasteiger partial charge in [-0.2, -0.15) is 11.8 Å². The average Bonchev–Trinajstić information content (AvgIpc) is 2.68. The van der Waals surface area contributed by atoms with Crippen molar-refractivity contribution < 1.29 is 9.47 Å². The first kappa shape index (κ1) is 18.7. The molecule has 0 N–H and O–H groups in total. The van der Waals surface area contributed by atoms with Gasteiger partial charge in [-0.05, 0) is 30.5 Å². The van der Waals surface area contributed by atoms with E-state index in [4.69, 9.17) is 14.5 Å². The molecule has 3 rings (SSSR count). The maximum atomic E-state index is 13.2. The highest BCUT2D eigenvalue weighted by atomic mass is 32.2. The molecule has 3 aromatic rings. The summed E-state index contributed by atoms with van der Waals surface area (Å²) in [5.74, 6) is 3.05. The summed E-state index contributed by atoms with van der Waals surface area (Å²) in [4.78, 5) is 17.9. The van der Waals surface area contributed by atoms with Crippen molar-refractivity contribution >= 4 is 34.4 Å². The quantitative estimate of drug-likeness (QED) is 0.348. The van der Waals surface area contributed by atoms with Crippen LogP contribution in [0.2, 0.25) is 0 Å². The zero-order chi connectivity index (χ0) is 18.5. The van der Waals surface area contributed by atoms with Gasteiger partial charge in [0.25, 0.3) is 5.56 Å². The summed E-state index contributed by atoms with van der Waals surface area (Å²) in [6, 6.07) is 12.9. The van der Waals surface area contributed by atoms with Crippen LogP contribution in [-0.4, -0.2) is 41.5 Å². The summed E-state index contributed by atoms with van der Waals surface area (Å²) in [6.07, 6.45) is 2.07. The largest absolute Gasteiger partial charge is 0.493 e. The van der Waals surface area contributed by atoms with Crippen molar-refractivity contribution in [1.82, 2.24) is 9.55 Å². The Morgan fingerprint density at radius 2 is 1.81 bits per heavy atom. The molecule has 0 aliphatic rings. The number of fused-ring (bicyclic) bond motifs is 1. The first-order chi connectivity index (χ1) is 12.7. The van der Waals surface area contributed by atoms with E-state index in [0.717, 1.165) is 11.5 Å². The number of thioether (sulfide) groups is 2. The topological polar surface area (TPSA) is 53.4 Å². The van der Waals surface area contributed by atoms with Crippen molar-refractivity contribution in [3.63, 3.8) is 0 Å². The van der Waals surface area contributed by atoms with Gasteiger partial charge < -0.3 is 9.47 Å². The van der Waals surface area contributed by atoms with Crippen LogP contribution in [0.1, 0.15) is 0 Å². The highest BCUT2D eigenvalue weighted by Gasteiger charge is 2.15. The van der Waals surface area contributed by atoms with Crippen LogP contribution in [0.25, 0.3) is 16.6 Å². The van der Waals surface area contributed by atoms with Crippen LogP contribution in [0.5, 0.6) is 11.5 Å². The van der Waals surface area contributed by atoms with Crippen molar-refractivity contribution in [2.75, 3.05) is 32.0 Å². The summed E-state index contributed by atoms with van der Waals surface area (Å²) < 4.78 is 12.3. The molecule has 0 bridgehead atoms. The van der Waals surface area contributed by atoms with Gasteiger partial charge >= 0.3 is 0 Å². The second kappa shape index (κ2) is 8.51.